The molecule has 96 valence electrons. The second kappa shape index (κ2) is 5.53. The van der Waals surface area contributed by atoms with Crippen LogP contribution in [0.4, 0.5) is 5.69 Å². The Balaban J connectivity index is 2.36. The molecule has 1 heterocycles. The van der Waals surface area contributed by atoms with Crippen LogP contribution in [0.5, 0.6) is 0 Å². The lowest BCUT2D eigenvalue weighted by molar-refractivity contribution is -0.114. The number of carbonyl (C=O) groups is 2. The highest BCUT2D eigenvalue weighted by molar-refractivity contribution is 9.11. The van der Waals surface area contributed by atoms with Crippen LogP contribution >= 0.6 is 31.9 Å². The first-order chi connectivity index (χ1) is 8.56. The fraction of sp³-hybridized carbons (Fsp3) is 0.385. The van der Waals surface area contributed by atoms with Crippen LogP contribution in [0.25, 0.3) is 0 Å². The minimum absolute atomic E-state index is 0.413. The molecule has 0 bridgehead atoms. The summed E-state index contributed by atoms with van der Waals surface area (Å²) in [6.45, 7) is 2.71. The number of fused-ring (bicyclic) bond motifs is 1. The van der Waals surface area contributed by atoms with E-state index in [2.05, 4.69) is 38.8 Å². The van der Waals surface area contributed by atoms with Gasteiger partial charge in [-0.25, -0.2) is 0 Å². The molecule has 1 aromatic rings. The Hall–Kier alpha value is -0.680. The largest absolute Gasteiger partial charge is 0.304 e. The van der Waals surface area contributed by atoms with E-state index in [1.54, 1.807) is 11.0 Å². The van der Waals surface area contributed by atoms with Crippen molar-refractivity contribution in [3.8, 4) is 0 Å². The summed E-state index contributed by atoms with van der Waals surface area (Å²) in [4.78, 5) is 25.5. The van der Waals surface area contributed by atoms with Gasteiger partial charge in [-0.15, -0.1) is 0 Å². The SMILES string of the molecule is CCCCCN1C(=O)C(=O)c2cc(Br)cc(Br)c21. The van der Waals surface area contributed by atoms with Gasteiger partial charge in [-0.2, -0.15) is 0 Å². The van der Waals surface area contributed by atoms with E-state index in [9.17, 15) is 9.59 Å². The molecule has 1 amide bonds. The maximum absolute atomic E-state index is 12.0. The van der Waals surface area contributed by atoms with Gasteiger partial charge in [0.25, 0.3) is 11.7 Å². The van der Waals surface area contributed by atoms with Crippen molar-refractivity contribution in [3.05, 3.63) is 26.6 Å². The molecule has 3 nitrogen and oxygen atoms in total. The monoisotopic (exact) mass is 373 g/mol. The van der Waals surface area contributed by atoms with Crippen LogP contribution in [-0.2, 0) is 4.79 Å². The van der Waals surface area contributed by atoms with Gasteiger partial charge in [0.2, 0.25) is 0 Å². The Morgan fingerprint density at radius 3 is 2.56 bits per heavy atom. The Labute approximate surface area is 123 Å². The molecule has 0 N–H and O–H groups in total. The van der Waals surface area contributed by atoms with Crippen molar-refractivity contribution in [2.75, 3.05) is 11.4 Å². The van der Waals surface area contributed by atoms with E-state index in [4.69, 9.17) is 0 Å². The molecule has 1 aliphatic rings. The summed E-state index contributed by atoms with van der Waals surface area (Å²) in [5.41, 5.74) is 1.20. The Morgan fingerprint density at radius 2 is 1.89 bits per heavy atom. The van der Waals surface area contributed by atoms with Crippen molar-refractivity contribution in [1.82, 2.24) is 0 Å². The Morgan fingerprint density at radius 1 is 1.17 bits per heavy atom. The van der Waals surface area contributed by atoms with Gasteiger partial charge in [0, 0.05) is 15.5 Å². The molecule has 0 saturated carbocycles. The zero-order valence-electron chi connectivity index (χ0n) is 10.0. The minimum Gasteiger partial charge on any atom is -0.304 e. The van der Waals surface area contributed by atoms with Crippen molar-refractivity contribution >= 4 is 49.2 Å². The first-order valence-corrected chi connectivity index (χ1v) is 7.50. The van der Waals surface area contributed by atoms with E-state index in [0.29, 0.717) is 17.8 Å². The molecule has 18 heavy (non-hydrogen) atoms. The number of rotatable bonds is 4. The van der Waals surface area contributed by atoms with Gasteiger partial charge in [-0.1, -0.05) is 35.7 Å². The minimum atomic E-state index is -0.417. The number of Topliss-reactive ketones (excluding diaryl/α,β-unsaturated/α-hetero) is 1. The molecule has 5 heteroatoms. The molecule has 0 aliphatic carbocycles. The van der Waals surface area contributed by atoms with Crippen LogP contribution in [0.3, 0.4) is 0 Å². The Kier molecular flexibility index (Phi) is 4.22. The van der Waals surface area contributed by atoms with Gasteiger partial charge in [-0.3, -0.25) is 9.59 Å². The number of benzene rings is 1. The van der Waals surface area contributed by atoms with Gasteiger partial charge in [0.05, 0.1) is 11.3 Å². The summed E-state index contributed by atoms with van der Waals surface area (Å²) in [7, 11) is 0. The molecule has 0 saturated heterocycles. The third-order valence-electron chi connectivity index (χ3n) is 2.97. The number of ketones is 1. The number of unbranched alkanes of at least 4 members (excludes halogenated alkanes) is 2. The van der Waals surface area contributed by atoms with Gasteiger partial charge in [0.15, 0.2) is 0 Å². The highest BCUT2D eigenvalue weighted by Crippen LogP contribution is 2.38. The summed E-state index contributed by atoms with van der Waals surface area (Å²) in [6, 6.07) is 3.57. The normalized spacial score (nSPS) is 14.3. The van der Waals surface area contributed by atoms with Gasteiger partial charge in [-0.05, 0) is 34.5 Å². The summed E-state index contributed by atoms with van der Waals surface area (Å²) in [6.07, 6.45) is 3.06. The molecular weight excluding hydrogens is 362 g/mol. The first kappa shape index (κ1) is 13.7. The smallest absolute Gasteiger partial charge is 0.299 e. The third-order valence-corrected chi connectivity index (χ3v) is 4.03. The summed E-state index contributed by atoms with van der Waals surface area (Å²) >= 11 is 6.76. The summed E-state index contributed by atoms with van der Waals surface area (Å²) in [5, 5.41) is 0. The maximum atomic E-state index is 12.0. The lowest BCUT2D eigenvalue weighted by Gasteiger charge is -2.17. The number of anilines is 1. The molecule has 1 aromatic carbocycles. The molecule has 0 aromatic heterocycles. The van der Waals surface area contributed by atoms with Crippen molar-refractivity contribution in [1.29, 1.82) is 0 Å². The maximum Gasteiger partial charge on any atom is 0.299 e. The lowest BCUT2D eigenvalue weighted by atomic mass is 10.1. The second-order valence-corrected chi connectivity index (χ2v) is 6.05. The third kappa shape index (κ3) is 2.38. The van der Waals surface area contributed by atoms with Crippen molar-refractivity contribution in [2.24, 2.45) is 0 Å². The van der Waals surface area contributed by atoms with Crippen LogP contribution in [0.1, 0.15) is 36.5 Å². The van der Waals surface area contributed by atoms with Gasteiger partial charge >= 0.3 is 0 Å². The van der Waals surface area contributed by atoms with Crippen LogP contribution in [-0.4, -0.2) is 18.2 Å². The van der Waals surface area contributed by atoms with E-state index < -0.39 is 11.7 Å². The van der Waals surface area contributed by atoms with Crippen LogP contribution in [0.15, 0.2) is 21.1 Å². The summed E-state index contributed by atoms with van der Waals surface area (Å²) < 4.78 is 1.58. The average molecular weight is 375 g/mol. The van der Waals surface area contributed by atoms with Gasteiger partial charge in [0.1, 0.15) is 0 Å². The first-order valence-electron chi connectivity index (χ1n) is 5.91. The zero-order chi connectivity index (χ0) is 13.3. The molecule has 2 rings (SSSR count). The molecular formula is C13H13Br2NO2. The lowest BCUT2D eigenvalue weighted by Crippen LogP contribution is -2.30. The number of hydrogen-bond donors (Lipinski definition) is 0. The van der Waals surface area contributed by atoms with Crippen molar-refractivity contribution in [3.63, 3.8) is 0 Å². The van der Waals surface area contributed by atoms with E-state index in [0.717, 1.165) is 28.2 Å². The molecule has 1 aliphatic heterocycles. The zero-order valence-corrected chi connectivity index (χ0v) is 13.2. The number of halogens is 2. The second-order valence-electron chi connectivity index (χ2n) is 4.28. The van der Waals surface area contributed by atoms with Crippen LogP contribution < -0.4 is 4.90 Å². The van der Waals surface area contributed by atoms with Gasteiger partial charge < -0.3 is 4.90 Å². The van der Waals surface area contributed by atoms with Crippen LogP contribution in [0, 0.1) is 0 Å². The number of nitrogens with zero attached hydrogens (tertiary/aromatic N) is 1. The quantitative estimate of drug-likeness (QED) is 0.591. The number of amides is 1. The van der Waals surface area contributed by atoms with Crippen molar-refractivity contribution in [2.45, 2.75) is 26.2 Å². The highest BCUT2D eigenvalue weighted by atomic mass is 79.9. The fourth-order valence-corrected chi connectivity index (χ4v) is 3.53. The predicted octanol–water partition coefficient (Wildman–Crippen LogP) is 3.93. The topological polar surface area (TPSA) is 37.4 Å². The van der Waals surface area contributed by atoms with E-state index in [1.165, 1.54) is 0 Å². The fourth-order valence-electron chi connectivity index (χ4n) is 2.09. The molecule has 0 fully saturated rings. The predicted molar refractivity (Wildman–Crippen MR) is 78.1 cm³/mol. The molecule has 0 unspecified atom stereocenters. The average Bonchev–Trinajstić information content (AvgIpc) is 2.55. The number of hydrogen-bond acceptors (Lipinski definition) is 2. The standard InChI is InChI=1S/C13H13Br2NO2/c1-2-3-4-5-16-11-9(12(17)13(16)18)6-8(14)7-10(11)15/h6-7H,2-5H2,1H3. The van der Waals surface area contributed by atoms with Crippen LogP contribution in [0.2, 0.25) is 0 Å². The number of carbonyl (C=O) groups excluding carboxylic acids is 2. The molecule has 0 radical (unpaired) electrons. The van der Waals surface area contributed by atoms with Crippen molar-refractivity contribution < 1.29 is 9.59 Å². The van der Waals surface area contributed by atoms with E-state index in [-0.39, 0.29) is 0 Å². The van der Waals surface area contributed by atoms with E-state index in [1.807, 2.05) is 6.07 Å². The van der Waals surface area contributed by atoms with E-state index >= 15 is 0 Å². The molecule has 0 atom stereocenters. The highest BCUT2D eigenvalue weighted by Gasteiger charge is 2.37. The molecule has 0 spiro atoms. The Bertz CT molecular complexity index is 514. The summed E-state index contributed by atoms with van der Waals surface area (Å²) in [5.74, 6) is -0.830.